The van der Waals surface area contributed by atoms with Gasteiger partial charge >= 0.3 is 0 Å². The maximum absolute atomic E-state index is 9.55. The molecule has 0 amide bonds. The van der Waals surface area contributed by atoms with Crippen molar-refractivity contribution in [2.45, 2.75) is 70.3 Å². The first-order valence-corrected chi connectivity index (χ1v) is 9.70. The molecule has 0 fully saturated rings. The van der Waals surface area contributed by atoms with Crippen molar-refractivity contribution in [3.05, 3.63) is 64.2 Å². The fourth-order valence-corrected chi connectivity index (χ4v) is 4.70. The number of aliphatic hydroxyl groups excluding tert-OH is 1. The van der Waals surface area contributed by atoms with Crippen LogP contribution in [0.5, 0.6) is 5.75 Å². The maximum atomic E-state index is 9.55. The second-order valence-electron chi connectivity index (χ2n) is 9.64. The normalized spacial score (nSPS) is 25.3. The van der Waals surface area contributed by atoms with Crippen molar-refractivity contribution in [2.24, 2.45) is 0 Å². The summed E-state index contributed by atoms with van der Waals surface area (Å²) < 4.78 is 6.02. The number of benzene rings is 2. The summed E-state index contributed by atoms with van der Waals surface area (Å²) in [4.78, 5) is 0. The highest BCUT2D eigenvalue weighted by atomic mass is 16.5. The second kappa shape index (κ2) is 5.60. The second-order valence-corrected chi connectivity index (χ2v) is 9.64. The van der Waals surface area contributed by atoms with Gasteiger partial charge in [0.25, 0.3) is 0 Å². The molecule has 4 rings (SSSR count). The maximum Gasteiger partial charge on any atom is 0.123 e. The van der Waals surface area contributed by atoms with E-state index in [-0.39, 0.29) is 22.9 Å². The molecule has 0 saturated carbocycles. The molecule has 26 heavy (non-hydrogen) atoms. The Morgan fingerprint density at radius 1 is 0.846 bits per heavy atom. The monoisotopic (exact) mass is 350 g/mol. The van der Waals surface area contributed by atoms with E-state index in [1.807, 2.05) is 12.1 Å². The standard InChI is InChI=1S/C24H30O2/c1-22(2)10-11-23(3,4)19-13-17(7-8-18(19)22)24(5)15-26-21-9-6-16(14-25)12-20(21)24/h6-9,12-13,25H,10-11,14-15H2,1-5H3. The van der Waals surface area contributed by atoms with Crippen LogP contribution < -0.4 is 4.74 Å². The van der Waals surface area contributed by atoms with Crippen LogP contribution in [-0.4, -0.2) is 11.7 Å². The highest BCUT2D eigenvalue weighted by molar-refractivity contribution is 5.54. The Labute approximate surface area is 157 Å². The first-order valence-electron chi connectivity index (χ1n) is 9.70. The lowest BCUT2D eigenvalue weighted by molar-refractivity contribution is 0.281. The summed E-state index contributed by atoms with van der Waals surface area (Å²) in [6.45, 7) is 12.5. The van der Waals surface area contributed by atoms with Gasteiger partial charge in [0, 0.05) is 5.56 Å². The van der Waals surface area contributed by atoms with E-state index in [1.165, 1.54) is 35.1 Å². The Morgan fingerprint density at radius 2 is 1.54 bits per heavy atom. The van der Waals surface area contributed by atoms with Crippen LogP contribution in [0.3, 0.4) is 0 Å². The molecule has 1 heterocycles. The van der Waals surface area contributed by atoms with Gasteiger partial charge in [0.2, 0.25) is 0 Å². The van der Waals surface area contributed by atoms with Gasteiger partial charge in [-0.25, -0.2) is 0 Å². The van der Waals surface area contributed by atoms with Crippen molar-refractivity contribution in [1.82, 2.24) is 0 Å². The molecule has 2 nitrogen and oxygen atoms in total. The molecular weight excluding hydrogens is 320 g/mol. The zero-order valence-electron chi connectivity index (χ0n) is 16.6. The van der Waals surface area contributed by atoms with E-state index in [0.717, 1.165) is 11.3 Å². The van der Waals surface area contributed by atoms with Crippen molar-refractivity contribution >= 4 is 0 Å². The largest absolute Gasteiger partial charge is 0.492 e. The summed E-state index contributed by atoms with van der Waals surface area (Å²) in [6, 6.07) is 13.1. The minimum absolute atomic E-state index is 0.0643. The van der Waals surface area contributed by atoms with Gasteiger partial charge in [0.1, 0.15) is 12.4 Å². The molecule has 0 radical (unpaired) electrons. The fourth-order valence-electron chi connectivity index (χ4n) is 4.70. The van der Waals surface area contributed by atoms with Gasteiger partial charge in [-0.15, -0.1) is 0 Å². The topological polar surface area (TPSA) is 29.5 Å². The third-order valence-electron chi connectivity index (χ3n) is 6.83. The van der Waals surface area contributed by atoms with Gasteiger partial charge in [0.05, 0.1) is 12.0 Å². The average Bonchev–Trinajstić information content (AvgIpc) is 2.96. The SMILES string of the molecule is CC1(C)CCC(C)(C)c2cc(C3(C)COc4ccc(CO)cc43)ccc21. The van der Waals surface area contributed by atoms with Gasteiger partial charge < -0.3 is 9.84 Å². The molecule has 0 aromatic heterocycles. The Bertz CT molecular complexity index is 863. The predicted molar refractivity (Wildman–Crippen MR) is 106 cm³/mol. The molecule has 1 unspecified atom stereocenters. The van der Waals surface area contributed by atoms with E-state index in [1.54, 1.807) is 0 Å². The van der Waals surface area contributed by atoms with Crippen molar-refractivity contribution in [2.75, 3.05) is 6.61 Å². The zero-order valence-corrected chi connectivity index (χ0v) is 16.6. The summed E-state index contributed by atoms with van der Waals surface area (Å²) in [5.74, 6) is 0.946. The predicted octanol–water partition coefficient (Wildman–Crippen LogP) is 5.23. The van der Waals surface area contributed by atoms with Crippen LogP contribution in [0.4, 0.5) is 0 Å². The smallest absolute Gasteiger partial charge is 0.123 e. The minimum atomic E-state index is -0.173. The van der Waals surface area contributed by atoms with Crippen molar-refractivity contribution in [3.8, 4) is 5.75 Å². The van der Waals surface area contributed by atoms with Gasteiger partial charge in [-0.1, -0.05) is 52.0 Å². The van der Waals surface area contributed by atoms with Crippen molar-refractivity contribution in [1.29, 1.82) is 0 Å². The zero-order chi connectivity index (χ0) is 18.7. The summed E-state index contributed by atoms with van der Waals surface area (Å²) in [7, 11) is 0. The van der Waals surface area contributed by atoms with Crippen LogP contribution in [0, 0.1) is 0 Å². The van der Waals surface area contributed by atoms with Crippen LogP contribution in [0.1, 0.15) is 75.3 Å². The highest BCUT2D eigenvalue weighted by Crippen LogP contribution is 2.49. The van der Waals surface area contributed by atoms with E-state index in [2.05, 4.69) is 58.9 Å². The van der Waals surface area contributed by atoms with Crippen LogP contribution in [0.15, 0.2) is 36.4 Å². The highest BCUT2D eigenvalue weighted by Gasteiger charge is 2.41. The minimum Gasteiger partial charge on any atom is -0.492 e. The third-order valence-corrected chi connectivity index (χ3v) is 6.83. The molecule has 0 bridgehead atoms. The molecule has 1 atom stereocenters. The number of aliphatic hydroxyl groups is 1. The van der Waals surface area contributed by atoms with Crippen LogP contribution in [0.2, 0.25) is 0 Å². The number of fused-ring (bicyclic) bond motifs is 2. The quantitative estimate of drug-likeness (QED) is 0.804. The van der Waals surface area contributed by atoms with Gasteiger partial charge in [-0.05, 0) is 65.0 Å². The van der Waals surface area contributed by atoms with Gasteiger partial charge in [0.15, 0.2) is 0 Å². The molecule has 0 spiro atoms. The number of rotatable bonds is 2. The van der Waals surface area contributed by atoms with E-state index in [9.17, 15) is 5.11 Å². The van der Waals surface area contributed by atoms with E-state index in [0.29, 0.717) is 6.61 Å². The molecule has 2 heteroatoms. The third kappa shape index (κ3) is 2.50. The lowest BCUT2D eigenvalue weighted by atomic mass is 9.62. The van der Waals surface area contributed by atoms with Crippen LogP contribution >= 0.6 is 0 Å². The molecular formula is C24H30O2. The Morgan fingerprint density at radius 3 is 2.23 bits per heavy atom. The lowest BCUT2D eigenvalue weighted by Crippen LogP contribution is -2.35. The van der Waals surface area contributed by atoms with Crippen LogP contribution in [-0.2, 0) is 22.9 Å². The van der Waals surface area contributed by atoms with Crippen molar-refractivity contribution < 1.29 is 9.84 Å². The molecule has 1 aliphatic carbocycles. The van der Waals surface area contributed by atoms with Crippen molar-refractivity contribution in [3.63, 3.8) is 0 Å². The first kappa shape index (κ1) is 17.6. The molecule has 1 N–H and O–H groups in total. The number of hydrogen-bond donors (Lipinski definition) is 1. The number of ether oxygens (including phenoxy) is 1. The van der Waals surface area contributed by atoms with Gasteiger partial charge in [-0.2, -0.15) is 0 Å². The summed E-state index contributed by atoms with van der Waals surface area (Å²) >= 11 is 0. The Balaban J connectivity index is 1.86. The first-order chi connectivity index (χ1) is 12.2. The summed E-state index contributed by atoms with van der Waals surface area (Å²) in [5, 5.41) is 9.55. The van der Waals surface area contributed by atoms with Gasteiger partial charge in [-0.3, -0.25) is 0 Å². The molecule has 2 aromatic rings. The Kier molecular flexibility index (Phi) is 3.79. The molecule has 0 saturated heterocycles. The van der Waals surface area contributed by atoms with E-state index in [4.69, 9.17) is 4.74 Å². The summed E-state index contributed by atoms with van der Waals surface area (Å²) in [5.41, 5.74) is 6.69. The number of hydrogen-bond acceptors (Lipinski definition) is 2. The molecule has 2 aliphatic rings. The summed E-state index contributed by atoms with van der Waals surface area (Å²) in [6.07, 6.45) is 2.45. The molecule has 1 aliphatic heterocycles. The molecule has 2 aromatic carbocycles. The van der Waals surface area contributed by atoms with E-state index < -0.39 is 0 Å². The van der Waals surface area contributed by atoms with Crippen LogP contribution in [0.25, 0.3) is 0 Å². The lowest BCUT2D eigenvalue weighted by Gasteiger charge is -2.42. The fraction of sp³-hybridized carbons (Fsp3) is 0.500. The molecule has 138 valence electrons. The Hall–Kier alpha value is -1.80. The average molecular weight is 351 g/mol. The van der Waals surface area contributed by atoms with E-state index >= 15 is 0 Å².